The topological polar surface area (TPSA) is 76.5 Å². The molecule has 0 aliphatic rings. The molecule has 112 valence electrons. The van der Waals surface area contributed by atoms with Gasteiger partial charge in [-0.2, -0.15) is 0 Å². The third-order valence-corrected chi connectivity index (χ3v) is 3.22. The fraction of sp³-hybridized carbons (Fsp3) is 0.600. The van der Waals surface area contributed by atoms with Gasteiger partial charge in [-0.15, -0.1) is 0 Å². The van der Waals surface area contributed by atoms with Gasteiger partial charge in [-0.05, 0) is 12.5 Å². The number of hydrogen-bond donors (Lipinski definition) is 1. The van der Waals surface area contributed by atoms with Crippen molar-refractivity contribution in [2.45, 2.75) is 45.4 Å². The van der Waals surface area contributed by atoms with Crippen LogP contribution in [0.3, 0.4) is 0 Å². The summed E-state index contributed by atoms with van der Waals surface area (Å²) in [6.45, 7) is 3.19. The van der Waals surface area contributed by atoms with Crippen molar-refractivity contribution in [1.82, 2.24) is 4.90 Å². The van der Waals surface area contributed by atoms with E-state index < -0.39 is 0 Å². The smallest absolute Gasteiger partial charge is 0.257 e. The van der Waals surface area contributed by atoms with Crippen LogP contribution >= 0.6 is 0 Å². The van der Waals surface area contributed by atoms with E-state index in [0.717, 1.165) is 12.8 Å². The molecule has 0 unspecified atom stereocenters. The molecule has 20 heavy (non-hydrogen) atoms. The normalized spacial score (nSPS) is 10.4. The number of unbranched alkanes of at least 4 members (excludes halogenated alkanes) is 4. The molecule has 0 radical (unpaired) electrons. The van der Waals surface area contributed by atoms with E-state index in [2.05, 4.69) is 6.92 Å². The molecule has 1 aromatic heterocycles. The van der Waals surface area contributed by atoms with E-state index in [9.17, 15) is 9.59 Å². The van der Waals surface area contributed by atoms with Crippen molar-refractivity contribution in [2.75, 3.05) is 13.1 Å². The molecule has 1 rings (SSSR count). The maximum absolute atomic E-state index is 12.3. The van der Waals surface area contributed by atoms with Crippen molar-refractivity contribution >= 4 is 11.8 Å². The first-order valence-electron chi connectivity index (χ1n) is 7.25. The summed E-state index contributed by atoms with van der Waals surface area (Å²) in [5.41, 5.74) is 5.68. The molecule has 0 aliphatic heterocycles. The second-order valence-electron chi connectivity index (χ2n) is 4.93. The Kier molecular flexibility index (Phi) is 7.47. The van der Waals surface area contributed by atoms with Gasteiger partial charge in [-0.1, -0.05) is 32.6 Å². The minimum Gasteiger partial charge on any atom is -0.472 e. The van der Waals surface area contributed by atoms with Crippen LogP contribution < -0.4 is 5.73 Å². The molecule has 0 saturated heterocycles. The molecule has 0 aliphatic carbocycles. The number of carbonyl (C=O) groups is 2. The summed E-state index contributed by atoms with van der Waals surface area (Å²) < 4.78 is 4.93. The first kappa shape index (κ1) is 16.3. The molecule has 0 fully saturated rings. The fourth-order valence-electron chi connectivity index (χ4n) is 2.03. The van der Waals surface area contributed by atoms with Crippen molar-refractivity contribution in [3.63, 3.8) is 0 Å². The highest BCUT2D eigenvalue weighted by atomic mass is 16.3. The Labute approximate surface area is 120 Å². The number of primary amides is 1. The molecule has 2 amide bonds. The van der Waals surface area contributed by atoms with Crippen molar-refractivity contribution in [3.05, 3.63) is 24.2 Å². The van der Waals surface area contributed by atoms with Gasteiger partial charge in [-0.3, -0.25) is 9.59 Å². The highest BCUT2D eigenvalue weighted by Crippen LogP contribution is 2.09. The van der Waals surface area contributed by atoms with Gasteiger partial charge >= 0.3 is 0 Å². The number of hydrogen-bond acceptors (Lipinski definition) is 3. The molecular formula is C15H24N2O3. The van der Waals surface area contributed by atoms with E-state index in [1.807, 2.05) is 0 Å². The molecule has 0 saturated carbocycles. The van der Waals surface area contributed by atoms with Crippen LogP contribution in [0.1, 0.15) is 55.8 Å². The van der Waals surface area contributed by atoms with Gasteiger partial charge in [0.25, 0.3) is 5.91 Å². The Hall–Kier alpha value is -1.78. The maximum Gasteiger partial charge on any atom is 0.257 e. The minimum absolute atomic E-state index is 0.101. The fourth-order valence-corrected chi connectivity index (χ4v) is 2.03. The highest BCUT2D eigenvalue weighted by molar-refractivity contribution is 5.94. The van der Waals surface area contributed by atoms with Gasteiger partial charge in [0.1, 0.15) is 6.26 Å². The lowest BCUT2D eigenvalue weighted by Gasteiger charge is -2.21. The van der Waals surface area contributed by atoms with Gasteiger partial charge < -0.3 is 15.1 Å². The first-order valence-corrected chi connectivity index (χ1v) is 7.25. The van der Waals surface area contributed by atoms with Gasteiger partial charge in [0, 0.05) is 19.5 Å². The standard InChI is InChI=1S/C15H24N2O3/c1-2-3-4-5-6-9-17(10-7-14(16)18)15(19)13-8-11-20-12-13/h8,11-12H,2-7,9-10H2,1H3,(H2,16,18). The SMILES string of the molecule is CCCCCCCN(CCC(N)=O)C(=O)c1ccoc1. The Morgan fingerprint density at radius 2 is 1.95 bits per heavy atom. The summed E-state index contributed by atoms with van der Waals surface area (Å²) >= 11 is 0. The van der Waals surface area contributed by atoms with Gasteiger partial charge in [-0.25, -0.2) is 0 Å². The zero-order chi connectivity index (χ0) is 14.8. The van der Waals surface area contributed by atoms with Crippen LogP contribution in [-0.4, -0.2) is 29.8 Å². The zero-order valence-electron chi connectivity index (χ0n) is 12.1. The lowest BCUT2D eigenvalue weighted by molar-refractivity contribution is -0.118. The molecule has 1 aromatic rings. The molecular weight excluding hydrogens is 256 g/mol. The lowest BCUT2D eigenvalue weighted by Crippen LogP contribution is -2.34. The van der Waals surface area contributed by atoms with Crippen LogP contribution in [0.25, 0.3) is 0 Å². The second-order valence-corrected chi connectivity index (χ2v) is 4.93. The number of carbonyl (C=O) groups excluding carboxylic acids is 2. The molecule has 1 heterocycles. The average Bonchev–Trinajstić information content (AvgIpc) is 2.95. The number of nitrogens with two attached hydrogens (primary N) is 1. The van der Waals surface area contributed by atoms with E-state index >= 15 is 0 Å². The average molecular weight is 280 g/mol. The molecule has 0 spiro atoms. The Bertz CT molecular complexity index is 401. The summed E-state index contributed by atoms with van der Waals surface area (Å²) in [6, 6.07) is 1.64. The van der Waals surface area contributed by atoms with Crippen LogP contribution in [0.5, 0.6) is 0 Å². The van der Waals surface area contributed by atoms with Crippen LogP contribution in [-0.2, 0) is 4.79 Å². The molecule has 0 bridgehead atoms. The lowest BCUT2D eigenvalue weighted by atomic mass is 10.1. The number of nitrogens with zero attached hydrogens (tertiary/aromatic N) is 1. The van der Waals surface area contributed by atoms with Gasteiger partial charge in [0.15, 0.2) is 0 Å². The van der Waals surface area contributed by atoms with Crippen molar-refractivity contribution in [1.29, 1.82) is 0 Å². The zero-order valence-corrected chi connectivity index (χ0v) is 12.1. The summed E-state index contributed by atoms with van der Waals surface area (Å²) in [5.74, 6) is -0.489. The number of amides is 2. The summed E-state index contributed by atoms with van der Waals surface area (Å²) in [7, 11) is 0. The predicted molar refractivity (Wildman–Crippen MR) is 77.2 cm³/mol. The summed E-state index contributed by atoms with van der Waals surface area (Å²) in [5, 5.41) is 0. The predicted octanol–water partition coefficient (Wildman–Crippen LogP) is 2.57. The van der Waals surface area contributed by atoms with Gasteiger partial charge in [0.05, 0.1) is 11.8 Å². The molecule has 5 heteroatoms. The number of rotatable bonds is 10. The molecule has 5 nitrogen and oxygen atoms in total. The van der Waals surface area contributed by atoms with Crippen LogP contribution in [0.4, 0.5) is 0 Å². The third-order valence-electron chi connectivity index (χ3n) is 3.22. The van der Waals surface area contributed by atoms with Crippen molar-refractivity contribution < 1.29 is 14.0 Å². The third kappa shape index (κ3) is 5.91. The van der Waals surface area contributed by atoms with Crippen LogP contribution in [0.15, 0.2) is 23.0 Å². The van der Waals surface area contributed by atoms with E-state index in [-0.39, 0.29) is 18.2 Å². The van der Waals surface area contributed by atoms with Crippen molar-refractivity contribution in [2.24, 2.45) is 5.73 Å². The van der Waals surface area contributed by atoms with E-state index in [1.54, 1.807) is 11.0 Å². The van der Waals surface area contributed by atoms with Gasteiger partial charge in [0.2, 0.25) is 5.91 Å². The Morgan fingerprint density at radius 3 is 2.55 bits per heavy atom. The van der Waals surface area contributed by atoms with E-state index in [0.29, 0.717) is 18.7 Å². The molecule has 0 atom stereocenters. The first-order chi connectivity index (χ1) is 9.65. The Morgan fingerprint density at radius 1 is 1.20 bits per heavy atom. The van der Waals surface area contributed by atoms with Crippen LogP contribution in [0, 0.1) is 0 Å². The quantitative estimate of drug-likeness (QED) is 0.669. The monoisotopic (exact) mass is 280 g/mol. The highest BCUT2D eigenvalue weighted by Gasteiger charge is 2.16. The summed E-state index contributed by atoms with van der Waals surface area (Å²) in [6.07, 6.45) is 8.73. The Balaban J connectivity index is 2.47. The maximum atomic E-state index is 12.3. The van der Waals surface area contributed by atoms with E-state index in [4.69, 9.17) is 10.2 Å². The largest absolute Gasteiger partial charge is 0.472 e. The van der Waals surface area contributed by atoms with Crippen LogP contribution in [0.2, 0.25) is 0 Å². The summed E-state index contributed by atoms with van der Waals surface area (Å²) in [4.78, 5) is 24.8. The van der Waals surface area contributed by atoms with Crippen molar-refractivity contribution in [3.8, 4) is 0 Å². The molecule has 2 N–H and O–H groups in total. The number of furan rings is 1. The minimum atomic E-state index is -0.388. The second kappa shape index (κ2) is 9.18. The van der Waals surface area contributed by atoms with E-state index in [1.165, 1.54) is 31.8 Å². The molecule has 0 aromatic carbocycles.